The molecular weight excluding hydrogens is 160 g/mol. The predicted molar refractivity (Wildman–Crippen MR) is 55.6 cm³/mol. The van der Waals surface area contributed by atoms with Crippen molar-refractivity contribution in [3.63, 3.8) is 0 Å². The molecule has 2 fully saturated rings. The quantitative estimate of drug-likeness (QED) is 0.699. The molecule has 2 aliphatic rings. The largest absolute Gasteiger partial charge is 0.330 e. The van der Waals surface area contributed by atoms with Crippen molar-refractivity contribution in [2.45, 2.75) is 51.1 Å². The van der Waals surface area contributed by atoms with Gasteiger partial charge >= 0.3 is 0 Å². The highest BCUT2D eigenvalue weighted by Gasteiger charge is 2.40. The fourth-order valence-electron chi connectivity index (χ4n) is 2.55. The van der Waals surface area contributed by atoms with E-state index in [1.807, 2.05) is 0 Å². The number of nitrogens with zero attached hydrogens (tertiary/aromatic N) is 1. The molecule has 0 radical (unpaired) electrons. The Morgan fingerprint density at radius 1 is 1.23 bits per heavy atom. The summed E-state index contributed by atoms with van der Waals surface area (Å²) in [7, 11) is 0. The maximum Gasteiger partial charge on any atom is 0.0139 e. The average molecular weight is 182 g/mol. The van der Waals surface area contributed by atoms with Crippen LogP contribution in [0.2, 0.25) is 0 Å². The van der Waals surface area contributed by atoms with Crippen LogP contribution in [-0.2, 0) is 0 Å². The lowest BCUT2D eigenvalue weighted by Gasteiger charge is -2.44. The molecule has 0 aromatic rings. The Hall–Kier alpha value is -0.0800. The van der Waals surface area contributed by atoms with Crippen molar-refractivity contribution in [2.75, 3.05) is 13.1 Å². The molecule has 2 rings (SSSR count). The molecule has 2 nitrogen and oxygen atoms in total. The lowest BCUT2D eigenvalue weighted by molar-refractivity contribution is 0.0596. The third-order valence-electron chi connectivity index (χ3n) is 3.60. The van der Waals surface area contributed by atoms with Crippen LogP contribution in [0.25, 0.3) is 0 Å². The van der Waals surface area contributed by atoms with Gasteiger partial charge in [0.25, 0.3) is 0 Å². The van der Waals surface area contributed by atoms with Gasteiger partial charge in [-0.3, -0.25) is 4.90 Å². The molecule has 0 amide bonds. The van der Waals surface area contributed by atoms with Crippen LogP contribution in [0.5, 0.6) is 0 Å². The SMILES string of the molecule is CCCN(C1CC1)C1CCC1CN. The van der Waals surface area contributed by atoms with Crippen molar-refractivity contribution in [1.82, 2.24) is 4.90 Å². The van der Waals surface area contributed by atoms with Gasteiger partial charge in [-0.25, -0.2) is 0 Å². The number of hydrogen-bond donors (Lipinski definition) is 1. The summed E-state index contributed by atoms with van der Waals surface area (Å²) in [6.07, 6.45) is 6.94. The van der Waals surface area contributed by atoms with Gasteiger partial charge in [0.15, 0.2) is 0 Å². The van der Waals surface area contributed by atoms with Crippen LogP contribution in [0.15, 0.2) is 0 Å². The first-order valence-electron chi connectivity index (χ1n) is 5.82. The Balaban J connectivity index is 1.86. The minimum Gasteiger partial charge on any atom is -0.330 e. The van der Waals surface area contributed by atoms with E-state index in [-0.39, 0.29) is 0 Å². The second-order valence-electron chi connectivity index (χ2n) is 4.61. The molecule has 0 heterocycles. The van der Waals surface area contributed by atoms with Gasteiger partial charge in [-0.1, -0.05) is 6.92 Å². The van der Waals surface area contributed by atoms with Crippen molar-refractivity contribution < 1.29 is 0 Å². The smallest absolute Gasteiger partial charge is 0.0139 e. The first-order chi connectivity index (χ1) is 6.36. The number of hydrogen-bond acceptors (Lipinski definition) is 2. The summed E-state index contributed by atoms with van der Waals surface area (Å²) >= 11 is 0. The van der Waals surface area contributed by atoms with E-state index in [9.17, 15) is 0 Å². The molecule has 0 spiro atoms. The van der Waals surface area contributed by atoms with E-state index in [1.165, 1.54) is 38.6 Å². The monoisotopic (exact) mass is 182 g/mol. The Morgan fingerprint density at radius 3 is 2.38 bits per heavy atom. The highest BCUT2D eigenvalue weighted by molar-refractivity contribution is 4.96. The van der Waals surface area contributed by atoms with Gasteiger partial charge in [0, 0.05) is 12.1 Å². The molecule has 0 aromatic heterocycles. The van der Waals surface area contributed by atoms with Gasteiger partial charge in [-0.2, -0.15) is 0 Å². The van der Waals surface area contributed by atoms with E-state index in [1.54, 1.807) is 0 Å². The molecule has 2 unspecified atom stereocenters. The second kappa shape index (κ2) is 3.97. The van der Waals surface area contributed by atoms with Gasteiger partial charge < -0.3 is 5.73 Å². The number of nitrogens with two attached hydrogens (primary N) is 1. The molecular formula is C11H22N2. The molecule has 76 valence electrons. The molecule has 2 saturated carbocycles. The highest BCUT2D eigenvalue weighted by Crippen LogP contribution is 2.38. The van der Waals surface area contributed by atoms with E-state index in [4.69, 9.17) is 5.73 Å². The van der Waals surface area contributed by atoms with Crippen LogP contribution in [0.4, 0.5) is 0 Å². The van der Waals surface area contributed by atoms with Crippen molar-refractivity contribution in [2.24, 2.45) is 11.7 Å². The van der Waals surface area contributed by atoms with E-state index in [2.05, 4.69) is 11.8 Å². The third kappa shape index (κ3) is 1.89. The Morgan fingerprint density at radius 2 is 2.00 bits per heavy atom. The molecule has 2 heteroatoms. The molecule has 2 aliphatic carbocycles. The summed E-state index contributed by atoms with van der Waals surface area (Å²) < 4.78 is 0. The zero-order chi connectivity index (χ0) is 9.26. The summed E-state index contributed by atoms with van der Waals surface area (Å²) in [6, 6.07) is 1.77. The molecule has 0 saturated heterocycles. The maximum absolute atomic E-state index is 5.75. The minimum atomic E-state index is 0.812. The van der Waals surface area contributed by atoms with Crippen LogP contribution in [0.1, 0.15) is 39.0 Å². The maximum atomic E-state index is 5.75. The fraction of sp³-hybridized carbons (Fsp3) is 1.00. The van der Waals surface area contributed by atoms with Crippen LogP contribution in [0, 0.1) is 5.92 Å². The zero-order valence-electron chi connectivity index (χ0n) is 8.71. The van der Waals surface area contributed by atoms with Gasteiger partial charge in [-0.15, -0.1) is 0 Å². The molecule has 2 atom stereocenters. The summed E-state index contributed by atoms with van der Waals surface area (Å²) in [6.45, 7) is 4.48. The van der Waals surface area contributed by atoms with E-state index in [0.717, 1.165) is 24.5 Å². The second-order valence-corrected chi connectivity index (χ2v) is 4.61. The molecule has 0 bridgehead atoms. The summed E-state index contributed by atoms with van der Waals surface area (Å²) in [4.78, 5) is 2.74. The van der Waals surface area contributed by atoms with Gasteiger partial charge in [0.2, 0.25) is 0 Å². The minimum absolute atomic E-state index is 0.812. The molecule has 0 aromatic carbocycles. The van der Waals surface area contributed by atoms with Crippen LogP contribution in [0.3, 0.4) is 0 Å². The first-order valence-corrected chi connectivity index (χ1v) is 5.82. The lowest BCUT2D eigenvalue weighted by Crippen LogP contribution is -2.50. The highest BCUT2D eigenvalue weighted by atomic mass is 15.2. The number of rotatable bonds is 5. The van der Waals surface area contributed by atoms with Gasteiger partial charge in [-0.05, 0) is 51.1 Å². The Labute approximate surface area is 81.5 Å². The van der Waals surface area contributed by atoms with Gasteiger partial charge in [0.05, 0.1) is 0 Å². The lowest BCUT2D eigenvalue weighted by atomic mass is 9.78. The van der Waals surface area contributed by atoms with Crippen molar-refractivity contribution in [3.8, 4) is 0 Å². The average Bonchev–Trinajstić information content (AvgIpc) is 2.84. The standard InChI is InChI=1S/C11H22N2/c1-2-7-13(10-4-5-10)11-6-3-9(11)8-12/h9-11H,2-8,12H2,1H3. The van der Waals surface area contributed by atoms with E-state index >= 15 is 0 Å². The molecule has 13 heavy (non-hydrogen) atoms. The Bertz CT molecular complexity index is 163. The topological polar surface area (TPSA) is 29.3 Å². The first kappa shape index (κ1) is 9.47. The van der Waals surface area contributed by atoms with Crippen LogP contribution < -0.4 is 5.73 Å². The predicted octanol–water partition coefficient (Wildman–Crippen LogP) is 1.60. The molecule has 2 N–H and O–H groups in total. The zero-order valence-corrected chi connectivity index (χ0v) is 8.71. The molecule has 0 aliphatic heterocycles. The van der Waals surface area contributed by atoms with Crippen molar-refractivity contribution in [1.29, 1.82) is 0 Å². The van der Waals surface area contributed by atoms with Crippen molar-refractivity contribution >= 4 is 0 Å². The third-order valence-corrected chi connectivity index (χ3v) is 3.60. The van der Waals surface area contributed by atoms with E-state index in [0.29, 0.717) is 0 Å². The Kier molecular flexibility index (Phi) is 2.89. The summed E-state index contributed by atoms with van der Waals surface area (Å²) in [5.74, 6) is 0.812. The fourth-order valence-corrected chi connectivity index (χ4v) is 2.55. The van der Waals surface area contributed by atoms with Crippen molar-refractivity contribution in [3.05, 3.63) is 0 Å². The summed E-state index contributed by atoms with van der Waals surface area (Å²) in [5.41, 5.74) is 5.75. The van der Waals surface area contributed by atoms with Crippen LogP contribution >= 0.6 is 0 Å². The normalized spacial score (nSPS) is 33.5. The van der Waals surface area contributed by atoms with Gasteiger partial charge in [0.1, 0.15) is 0 Å². The van der Waals surface area contributed by atoms with E-state index < -0.39 is 0 Å². The van der Waals surface area contributed by atoms with Crippen LogP contribution in [-0.4, -0.2) is 30.1 Å². The summed E-state index contributed by atoms with van der Waals surface area (Å²) in [5, 5.41) is 0.